The van der Waals surface area contributed by atoms with Crippen LogP contribution in [0.15, 0.2) is 18.3 Å². The molecule has 3 rings (SSSR count). The highest BCUT2D eigenvalue weighted by molar-refractivity contribution is 6.32. The van der Waals surface area contributed by atoms with E-state index in [1.54, 1.807) is 13.3 Å². The SMILES string of the molecule is COc1cc(-c2cn[nH]c2N)cc(Cl)c1C1CC1. The highest BCUT2D eigenvalue weighted by Crippen LogP contribution is 2.49. The van der Waals surface area contributed by atoms with Crippen LogP contribution in [0.1, 0.15) is 24.3 Å². The lowest BCUT2D eigenvalue weighted by atomic mass is 10.0. The summed E-state index contributed by atoms with van der Waals surface area (Å²) in [4.78, 5) is 0. The van der Waals surface area contributed by atoms with E-state index in [0.29, 0.717) is 11.7 Å². The lowest BCUT2D eigenvalue weighted by Crippen LogP contribution is -1.94. The maximum Gasteiger partial charge on any atom is 0.126 e. The van der Waals surface area contributed by atoms with E-state index in [9.17, 15) is 0 Å². The molecule has 0 bridgehead atoms. The predicted octanol–water partition coefficient (Wildman–Crippen LogP) is 3.20. The molecule has 0 atom stereocenters. The number of aromatic amines is 1. The predicted molar refractivity (Wildman–Crippen MR) is 72.0 cm³/mol. The van der Waals surface area contributed by atoms with Crippen molar-refractivity contribution in [2.24, 2.45) is 0 Å². The first kappa shape index (κ1) is 11.4. The van der Waals surface area contributed by atoms with Gasteiger partial charge >= 0.3 is 0 Å². The van der Waals surface area contributed by atoms with Crippen molar-refractivity contribution >= 4 is 17.4 Å². The molecule has 0 radical (unpaired) electrons. The van der Waals surface area contributed by atoms with E-state index in [4.69, 9.17) is 22.1 Å². The van der Waals surface area contributed by atoms with Crippen molar-refractivity contribution < 1.29 is 4.74 Å². The average Bonchev–Trinajstić information content (AvgIpc) is 3.09. The molecule has 1 fully saturated rings. The van der Waals surface area contributed by atoms with Gasteiger partial charge in [-0.05, 0) is 36.5 Å². The Kier molecular flexibility index (Phi) is 2.67. The Morgan fingerprint density at radius 2 is 2.22 bits per heavy atom. The highest BCUT2D eigenvalue weighted by atomic mass is 35.5. The van der Waals surface area contributed by atoms with Gasteiger partial charge in [-0.15, -0.1) is 0 Å². The standard InChI is InChI=1S/C13H14ClN3O/c1-18-11-5-8(9-6-16-17-13(9)15)4-10(14)12(11)7-2-3-7/h4-7H,2-3H2,1H3,(H3,15,16,17). The molecule has 1 aliphatic carbocycles. The third kappa shape index (κ3) is 1.82. The topological polar surface area (TPSA) is 63.9 Å². The number of rotatable bonds is 3. The lowest BCUT2D eigenvalue weighted by Gasteiger charge is -2.12. The van der Waals surface area contributed by atoms with Crippen LogP contribution in [-0.4, -0.2) is 17.3 Å². The molecule has 0 saturated heterocycles. The summed E-state index contributed by atoms with van der Waals surface area (Å²) in [5.41, 5.74) is 8.71. The van der Waals surface area contributed by atoms with E-state index in [2.05, 4.69) is 10.2 Å². The van der Waals surface area contributed by atoms with Crippen molar-refractivity contribution in [1.82, 2.24) is 10.2 Å². The summed E-state index contributed by atoms with van der Waals surface area (Å²) in [5, 5.41) is 7.38. The third-order valence-corrected chi connectivity index (χ3v) is 3.59. The van der Waals surface area contributed by atoms with E-state index < -0.39 is 0 Å². The second-order valence-corrected chi connectivity index (χ2v) is 4.95. The fourth-order valence-corrected chi connectivity index (χ4v) is 2.58. The van der Waals surface area contributed by atoms with Crippen molar-refractivity contribution in [3.63, 3.8) is 0 Å². The van der Waals surface area contributed by atoms with Crippen LogP contribution in [0.3, 0.4) is 0 Å². The van der Waals surface area contributed by atoms with Gasteiger partial charge in [0.25, 0.3) is 0 Å². The van der Waals surface area contributed by atoms with Crippen molar-refractivity contribution in [2.75, 3.05) is 12.8 Å². The molecule has 0 unspecified atom stereocenters. The zero-order valence-electron chi connectivity index (χ0n) is 10.0. The van der Waals surface area contributed by atoms with Gasteiger partial charge in [-0.25, -0.2) is 0 Å². The van der Waals surface area contributed by atoms with Gasteiger partial charge in [0.05, 0.1) is 13.3 Å². The number of benzene rings is 1. The van der Waals surface area contributed by atoms with E-state index in [1.807, 2.05) is 12.1 Å². The number of nitrogen functional groups attached to an aromatic ring is 1. The minimum atomic E-state index is 0.535. The fraction of sp³-hybridized carbons (Fsp3) is 0.308. The summed E-state index contributed by atoms with van der Waals surface area (Å²) in [6.45, 7) is 0. The van der Waals surface area contributed by atoms with Gasteiger partial charge in [0.15, 0.2) is 0 Å². The number of nitrogens with one attached hydrogen (secondary N) is 1. The molecule has 1 aliphatic rings. The fourth-order valence-electron chi connectivity index (χ4n) is 2.21. The number of methoxy groups -OCH3 is 1. The molecule has 5 heteroatoms. The van der Waals surface area contributed by atoms with Crippen molar-refractivity contribution in [3.8, 4) is 16.9 Å². The first-order chi connectivity index (χ1) is 8.70. The largest absolute Gasteiger partial charge is 0.496 e. The Hall–Kier alpha value is -1.68. The molecule has 1 aromatic carbocycles. The van der Waals surface area contributed by atoms with E-state index in [1.165, 1.54) is 12.8 Å². The second kappa shape index (κ2) is 4.21. The summed E-state index contributed by atoms with van der Waals surface area (Å²) in [6.07, 6.45) is 4.06. The van der Waals surface area contributed by atoms with Gasteiger partial charge in [0.2, 0.25) is 0 Å². The summed E-state index contributed by atoms with van der Waals surface area (Å²) in [7, 11) is 1.67. The average molecular weight is 264 g/mol. The maximum absolute atomic E-state index is 6.37. The Bertz CT molecular complexity index is 590. The minimum Gasteiger partial charge on any atom is -0.496 e. The summed E-state index contributed by atoms with van der Waals surface area (Å²) in [6, 6.07) is 3.90. The molecule has 94 valence electrons. The summed E-state index contributed by atoms with van der Waals surface area (Å²) in [5.74, 6) is 1.91. The van der Waals surface area contributed by atoms with Gasteiger partial charge in [-0.1, -0.05) is 11.6 Å². The molecule has 1 aromatic heterocycles. The summed E-state index contributed by atoms with van der Waals surface area (Å²) < 4.78 is 5.45. The van der Waals surface area contributed by atoms with Gasteiger partial charge < -0.3 is 10.5 Å². The number of nitrogens with zero attached hydrogens (tertiary/aromatic N) is 1. The number of H-pyrrole nitrogens is 1. The number of halogens is 1. The first-order valence-corrected chi connectivity index (χ1v) is 6.25. The monoisotopic (exact) mass is 263 g/mol. The number of ether oxygens (including phenoxy) is 1. The van der Waals surface area contributed by atoms with Crippen LogP contribution in [0.4, 0.5) is 5.82 Å². The quantitative estimate of drug-likeness (QED) is 0.894. The van der Waals surface area contributed by atoms with Gasteiger partial charge in [0.1, 0.15) is 11.6 Å². The molecule has 1 saturated carbocycles. The number of hydrogen-bond donors (Lipinski definition) is 2. The van der Waals surface area contributed by atoms with E-state index >= 15 is 0 Å². The van der Waals surface area contributed by atoms with Crippen LogP contribution in [0.2, 0.25) is 5.02 Å². The molecule has 18 heavy (non-hydrogen) atoms. The lowest BCUT2D eigenvalue weighted by molar-refractivity contribution is 0.410. The van der Waals surface area contributed by atoms with Crippen LogP contribution >= 0.6 is 11.6 Å². The molecule has 3 N–H and O–H groups in total. The molecule has 0 spiro atoms. The number of hydrogen-bond acceptors (Lipinski definition) is 3. The number of aromatic nitrogens is 2. The molecule has 0 aliphatic heterocycles. The highest BCUT2D eigenvalue weighted by Gasteiger charge is 2.29. The van der Waals surface area contributed by atoms with Crippen LogP contribution in [0.5, 0.6) is 5.75 Å². The van der Waals surface area contributed by atoms with Gasteiger partial charge in [0, 0.05) is 16.1 Å². The second-order valence-electron chi connectivity index (χ2n) is 4.55. The molecule has 4 nitrogen and oxygen atoms in total. The molecule has 2 aromatic rings. The Morgan fingerprint density at radius 1 is 1.44 bits per heavy atom. The smallest absolute Gasteiger partial charge is 0.126 e. The Labute approximate surface area is 110 Å². The summed E-state index contributed by atoms with van der Waals surface area (Å²) >= 11 is 6.37. The Balaban J connectivity index is 2.13. The first-order valence-electron chi connectivity index (χ1n) is 5.87. The Morgan fingerprint density at radius 3 is 2.78 bits per heavy atom. The molecular weight excluding hydrogens is 250 g/mol. The number of nitrogens with two attached hydrogens (primary N) is 1. The van der Waals surface area contributed by atoms with Crippen LogP contribution in [-0.2, 0) is 0 Å². The van der Waals surface area contributed by atoms with Crippen LogP contribution in [0.25, 0.3) is 11.1 Å². The third-order valence-electron chi connectivity index (χ3n) is 3.28. The zero-order chi connectivity index (χ0) is 12.7. The van der Waals surface area contributed by atoms with Gasteiger partial charge in [-0.2, -0.15) is 5.10 Å². The van der Waals surface area contributed by atoms with E-state index in [0.717, 1.165) is 27.5 Å². The van der Waals surface area contributed by atoms with Crippen LogP contribution in [0, 0.1) is 0 Å². The van der Waals surface area contributed by atoms with Crippen molar-refractivity contribution in [3.05, 3.63) is 28.9 Å². The van der Waals surface area contributed by atoms with Crippen LogP contribution < -0.4 is 10.5 Å². The maximum atomic E-state index is 6.37. The van der Waals surface area contributed by atoms with E-state index in [-0.39, 0.29) is 0 Å². The molecule has 1 heterocycles. The molecule has 0 amide bonds. The zero-order valence-corrected chi connectivity index (χ0v) is 10.8. The molecular formula is C13H14ClN3O. The van der Waals surface area contributed by atoms with Gasteiger partial charge in [-0.3, -0.25) is 5.10 Å². The van der Waals surface area contributed by atoms with Crippen molar-refractivity contribution in [2.45, 2.75) is 18.8 Å². The number of anilines is 1. The normalized spacial score (nSPS) is 14.8. The van der Waals surface area contributed by atoms with Crippen molar-refractivity contribution in [1.29, 1.82) is 0 Å². The minimum absolute atomic E-state index is 0.535.